The van der Waals surface area contributed by atoms with Crippen LogP contribution in [0.4, 0.5) is 14.5 Å². The normalized spacial score (nSPS) is 11.1. The predicted molar refractivity (Wildman–Crippen MR) is 69.0 cm³/mol. The Balaban J connectivity index is 2.63. The minimum Gasteiger partial charge on any atom is -0.490 e. The van der Waals surface area contributed by atoms with E-state index in [2.05, 4.69) is 0 Å². The number of nitrogens with zero attached hydrogens (tertiary/aromatic N) is 1. The highest BCUT2D eigenvalue weighted by Gasteiger charge is 2.20. The molecule has 0 aliphatic carbocycles. The molecule has 0 aliphatic heterocycles. The molecule has 1 aromatic rings. The lowest BCUT2D eigenvalue weighted by Gasteiger charge is -2.19. The van der Waals surface area contributed by atoms with Crippen LogP contribution in [0.25, 0.3) is 0 Å². The van der Waals surface area contributed by atoms with E-state index in [-0.39, 0.29) is 13.0 Å². The molecule has 0 unspecified atom stereocenters. The van der Waals surface area contributed by atoms with Crippen molar-refractivity contribution in [2.45, 2.75) is 32.8 Å². The number of rotatable bonds is 5. The van der Waals surface area contributed by atoms with Crippen molar-refractivity contribution in [3.63, 3.8) is 0 Å². The summed E-state index contributed by atoms with van der Waals surface area (Å²) in [5.41, 5.74) is -1.63. The third-order valence-electron chi connectivity index (χ3n) is 2.18. The van der Waals surface area contributed by atoms with Gasteiger partial charge < -0.3 is 9.47 Å². The smallest absolute Gasteiger partial charge is 0.309 e. The average Bonchev–Trinajstić information content (AvgIpc) is 2.30. The van der Waals surface area contributed by atoms with Gasteiger partial charge in [0.25, 0.3) is 0 Å². The van der Waals surface area contributed by atoms with Gasteiger partial charge in [0.05, 0.1) is 24.0 Å². The van der Waals surface area contributed by atoms with Gasteiger partial charge in [-0.25, -0.2) is 4.39 Å². The van der Waals surface area contributed by atoms with Gasteiger partial charge in [-0.2, -0.15) is 4.39 Å². The predicted octanol–water partition coefficient (Wildman–Crippen LogP) is 2.98. The maximum absolute atomic E-state index is 13.5. The molecule has 0 bridgehead atoms. The van der Waals surface area contributed by atoms with Crippen molar-refractivity contribution in [3.05, 3.63) is 33.9 Å². The van der Waals surface area contributed by atoms with Crippen LogP contribution in [0.1, 0.15) is 27.2 Å². The van der Waals surface area contributed by atoms with Crippen molar-refractivity contribution in [3.8, 4) is 5.75 Å². The fourth-order valence-electron chi connectivity index (χ4n) is 1.41. The lowest BCUT2D eigenvalue weighted by atomic mass is 10.2. The van der Waals surface area contributed by atoms with Gasteiger partial charge in [0.1, 0.15) is 5.60 Å². The van der Waals surface area contributed by atoms with Crippen LogP contribution in [0, 0.1) is 21.7 Å². The van der Waals surface area contributed by atoms with E-state index in [4.69, 9.17) is 9.47 Å². The molecule has 21 heavy (non-hydrogen) atoms. The first-order valence-electron chi connectivity index (χ1n) is 6.08. The average molecular weight is 303 g/mol. The number of esters is 1. The van der Waals surface area contributed by atoms with Crippen molar-refractivity contribution in [1.82, 2.24) is 0 Å². The van der Waals surface area contributed by atoms with E-state index in [1.807, 2.05) is 0 Å². The van der Waals surface area contributed by atoms with E-state index in [0.29, 0.717) is 12.1 Å². The van der Waals surface area contributed by atoms with E-state index in [1.165, 1.54) is 0 Å². The van der Waals surface area contributed by atoms with E-state index in [0.717, 1.165) is 0 Å². The van der Waals surface area contributed by atoms with Gasteiger partial charge in [0.2, 0.25) is 5.82 Å². The number of hydrogen-bond donors (Lipinski definition) is 0. The first-order valence-corrected chi connectivity index (χ1v) is 6.08. The van der Waals surface area contributed by atoms with Gasteiger partial charge >= 0.3 is 11.7 Å². The second-order valence-corrected chi connectivity index (χ2v) is 5.18. The number of ether oxygens (including phenoxy) is 2. The quantitative estimate of drug-likeness (QED) is 0.474. The van der Waals surface area contributed by atoms with Crippen molar-refractivity contribution in [2.24, 2.45) is 0 Å². The first-order chi connectivity index (χ1) is 9.60. The van der Waals surface area contributed by atoms with E-state index < -0.39 is 39.6 Å². The van der Waals surface area contributed by atoms with Gasteiger partial charge in [0, 0.05) is 6.07 Å². The highest BCUT2D eigenvalue weighted by molar-refractivity contribution is 5.70. The van der Waals surface area contributed by atoms with E-state index in [1.54, 1.807) is 20.8 Å². The Morgan fingerprint density at radius 3 is 2.43 bits per heavy atom. The molecular weight excluding hydrogens is 288 g/mol. The zero-order valence-corrected chi connectivity index (χ0v) is 11.8. The highest BCUT2D eigenvalue weighted by atomic mass is 19.1. The number of halogens is 2. The third-order valence-corrected chi connectivity index (χ3v) is 2.18. The minimum atomic E-state index is -1.21. The van der Waals surface area contributed by atoms with E-state index in [9.17, 15) is 23.7 Å². The van der Waals surface area contributed by atoms with Gasteiger partial charge in [-0.15, -0.1) is 0 Å². The topological polar surface area (TPSA) is 78.7 Å². The molecule has 8 heteroatoms. The maximum Gasteiger partial charge on any atom is 0.309 e. The number of carbonyl (C=O) groups is 1. The number of nitro benzene ring substituents is 1. The molecule has 0 saturated heterocycles. The summed E-state index contributed by atoms with van der Waals surface area (Å²) >= 11 is 0. The Morgan fingerprint density at radius 1 is 1.29 bits per heavy atom. The van der Waals surface area contributed by atoms with Gasteiger partial charge in [0.15, 0.2) is 11.6 Å². The van der Waals surface area contributed by atoms with Crippen molar-refractivity contribution in [2.75, 3.05) is 6.61 Å². The van der Waals surface area contributed by atoms with Gasteiger partial charge in [-0.3, -0.25) is 14.9 Å². The molecule has 0 atom stereocenters. The molecule has 1 aromatic carbocycles. The van der Waals surface area contributed by atoms with Crippen LogP contribution in [0.2, 0.25) is 0 Å². The Morgan fingerprint density at radius 2 is 1.90 bits per heavy atom. The molecule has 0 fully saturated rings. The summed E-state index contributed by atoms with van der Waals surface area (Å²) in [5, 5.41) is 10.4. The summed E-state index contributed by atoms with van der Waals surface area (Å²) in [6, 6.07) is 1.00. The first kappa shape index (κ1) is 16.8. The maximum atomic E-state index is 13.5. The fourth-order valence-corrected chi connectivity index (χ4v) is 1.41. The van der Waals surface area contributed by atoms with Crippen LogP contribution in [-0.2, 0) is 9.53 Å². The van der Waals surface area contributed by atoms with Crippen LogP contribution in [0.3, 0.4) is 0 Å². The molecule has 0 aromatic heterocycles. The lowest BCUT2D eigenvalue weighted by Crippen LogP contribution is -2.24. The van der Waals surface area contributed by atoms with Crippen molar-refractivity contribution >= 4 is 11.7 Å². The zero-order valence-electron chi connectivity index (χ0n) is 11.8. The molecule has 0 amide bonds. The monoisotopic (exact) mass is 303 g/mol. The summed E-state index contributed by atoms with van der Waals surface area (Å²) in [5.74, 6) is -3.34. The second kappa shape index (κ2) is 6.47. The van der Waals surface area contributed by atoms with Gasteiger partial charge in [-0.1, -0.05) is 0 Å². The van der Waals surface area contributed by atoms with Crippen LogP contribution in [0.5, 0.6) is 5.75 Å². The second-order valence-electron chi connectivity index (χ2n) is 5.18. The Kier molecular flexibility index (Phi) is 5.17. The molecule has 116 valence electrons. The molecule has 0 saturated carbocycles. The Bertz CT molecular complexity index is 554. The summed E-state index contributed by atoms with van der Waals surface area (Å²) in [6.45, 7) is 4.84. The molecule has 0 heterocycles. The number of nitro groups is 1. The minimum absolute atomic E-state index is 0.157. The Hall–Kier alpha value is -2.25. The molecule has 0 radical (unpaired) electrons. The summed E-state index contributed by atoms with van der Waals surface area (Å²) in [7, 11) is 0. The molecular formula is C13H15F2NO5. The van der Waals surface area contributed by atoms with Crippen LogP contribution < -0.4 is 4.74 Å². The summed E-state index contributed by atoms with van der Waals surface area (Å²) in [6.07, 6.45) is -0.157. The number of benzene rings is 1. The fraction of sp³-hybridized carbons (Fsp3) is 0.462. The van der Waals surface area contributed by atoms with E-state index >= 15 is 0 Å². The van der Waals surface area contributed by atoms with Crippen LogP contribution >= 0.6 is 0 Å². The highest BCUT2D eigenvalue weighted by Crippen LogP contribution is 2.26. The molecule has 0 N–H and O–H groups in total. The van der Waals surface area contributed by atoms with Crippen molar-refractivity contribution in [1.29, 1.82) is 0 Å². The largest absolute Gasteiger partial charge is 0.490 e. The molecule has 6 nitrogen and oxygen atoms in total. The molecule has 0 aliphatic rings. The number of carbonyl (C=O) groups excluding carboxylic acids is 1. The van der Waals surface area contributed by atoms with Crippen molar-refractivity contribution < 1.29 is 28.0 Å². The van der Waals surface area contributed by atoms with Crippen LogP contribution in [0.15, 0.2) is 12.1 Å². The third kappa shape index (κ3) is 5.33. The summed E-state index contributed by atoms with van der Waals surface area (Å²) < 4.78 is 36.7. The summed E-state index contributed by atoms with van der Waals surface area (Å²) in [4.78, 5) is 20.8. The molecule has 0 spiro atoms. The molecule has 1 rings (SSSR count). The zero-order chi connectivity index (χ0) is 16.2. The number of hydrogen-bond acceptors (Lipinski definition) is 5. The standard InChI is InChI=1S/C13H15F2NO5/c1-13(2,3)21-12(17)4-5-20-11-7-8(14)10(16(18)19)6-9(11)15/h6-7H,4-5H2,1-3H3. The van der Waals surface area contributed by atoms with Gasteiger partial charge in [-0.05, 0) is 20.8 Å². The SMILES string of the molecule is CC(C)(C)OC(=O)CCOc1cc(F)c([N+](=O)[O-])cc1F. The lowest BCUT2D eigenvalue weighted by molar-refractivity contribution is -0.387. The Labute approximate surface area is 119 Å². The van der Waals surface area contributed by atoms with Crippen LogP contribution in [-0.4, -0.2) is 23.1 Å².